The third kappa shape index (κ3) is 272. The van der Waals surface area contributed by atoms with E-state index in [4.69, 9.17) is 60.3 Å². The summed E-state index contributed by atoms with van der Waals surface area (Å²) in [4.78, 5) is 0. The molecule has 0 aromatic rings. The van der Waals surface area contributed by atoms with Gasteiger partial charge in [0.1, 0.15) is 0 Å². The van der Waals surface area contributed by atoms with Gasteiger partial charge in [0.2, 0.25) is 0 Å². The van der Waals surface area contributed by atoms with Gasteiger partial charge in [-0.05, 0) is 0 Å². The molecule has 0 amide bonds. The number of hydrogen-bond acceptors (Lipinski definition) is 12. The summed E-state index contributed by atoms with van der Waals surface area (Å²) >= 11 is 0. The quantitative estimate of drug-likeness (QED) is 0.209. The van der Waals surface area contributed by atoms with Gasteiger partial charge < -0.3 is 71.2 Å². The van der Waals surface area contributed by atoms with Crippen molar-refractivity contribution in [3.8, 4) is 0 Å². The van der Waals surface area contributed by atoms with Crippen LogP contribution in [0.15, 0.2) is 0 Å². The SMILES string of the molecule is O.O.[K+].[K+].[K+].[K+].[K+].[K+].[K+].[K+].[K+].[K+].[K+].[K+].[O-]B([O-])[O-].[O-]B([O-])[O-].[O-]B([O-])[O-].[O-]B([O-])[O-]. The van der Waals surface area contributed by atoms with Gasteiger partial charge in [-0.25, -0.2) is 0 Å². The maximum Gasteiger partial charge on any atom is 1.00 e. The number of hydrogen-bond donors (Lipinski definition) is 0. The normalized spacial score (nSPS) is 3.60. The molecule has 0 spiro atoms. The van der Waals surface area contributed by atoms with Crippen LogP contribution in [-0.2, 0) is 0 Å². The first-order valence-corrected chi connectivity index (χ1v) is 2.83. The Morgan fingerprint density at radius 1 is 0.200 bits per heavy atom. The van der Waals surface area contributed by atoms with E-state index in [1.165, 1.54) is 0 Å². The van der Waals surface area contributed by atoms with Gasteiger partial charge in [0.05, 0.1) is 0 Å². The Morgan fingerprint density at radius 2 is 0.200 bits per heavy atom. The van der Waals surface area contributed by atoms with E-state index in [-0.39, 0.29) is 628 Å². The van der Waals surface area contributed by atoms with E-state index in [2.05, 4.69) is 0 Å². The van der Waals surface area contributed by atoms with Gasteiger partial charge in [0, 0.05) is 0 Å². The third-order valence-corrected chi connectivity index (χ3v) is 0. The van der Waals surface area contributed by atoms with Crippen molar-refractivity contribution in [2.45, 2.75) is 0 Å². The zero-order valence-corrected chi connectivity index (χ0v) is 57.7. The molecule has 30 heavy (non-hydrogen) atoms. The summed E-state index contributed by atoms with van der Waals surface area (Å²) in [6, 6.07) is 0. The van der Waals surface area contributed by atoms with Crippen molar-refractivity contribution >= 4 is 29.3 Å². The monoisotopic (exact) mass is 740 g/mol. The van der Waals surface area contributed by atoms with Gasteiger partial charge >= 0.3 is 617 Å². The van der Waals surface area contributed by atoms with Crippen LogP contribution in [0.4, 0.5) is 0 Å². The fourth-order valence-corrected chi connectivity index (χ4v) is 0. The maximum absolute atomic E-state index is 8.42. The molecule has 0 aliphatic rings. The van der Waals surface area contributed by atoms with Crippen LogP contribution < -0.4 is 677 Å². The topological polar surface area (TPSA) is 340 Å². The van der Waals surface area contributed by atoms with Crippen LogP contribution in [0.2, 0.25) is 0 Å². The second kappa shape index (κ2) is 110. The molecule has 0 radical (unpaired) electrons. The standard InChI is InChI=1S/4BO3.12K.2H2O/c4*2-1(3)4;;;;;;;;;;;;;;/h;;;;;;;;;;;;;;;;2*1H2/q4*-3;12*+1;;. The van der Waals surface area contributed by atoms with E-state index >= 15 is 0 Å². The van der Waals surface area contributed by atoms with Crippen LogP contribution in [0.3, 0.4) is 0 Å². The average Bonchev–Trinajstić information content (AvgIpc) is 1.76. The Hall–Kier alpha value is 19.3. The Labute approximate surface area is 689 Å². The van der Waals surface area contributed by atoms with Crippen LogP contribution in [0.1, 0.15) is 0 Å². The Kier molecular flexibility index (Phi) is 432. The van der Waals surface area contributed by atoms with E-state index < -0.39 is 29.3 Å². The zero-order chi connectivity index (χ0) is 14.3. The summed E-state index contributed by atoms with van der Waals surface area (Å²) in [5, 5.41) is 101. The van der Waals surface area contributed by atoms with Crippen molar-refractivity contribution in [1.29, 1.82) is 0 Å². The van der Waals surface area contributed by atoms with Crippen LogP contribution in [0, 0.1) is 0 Å². The molecule has 0 saturated carbocycles. The van der Waals surface area contributed by atoms with Gasteiger partial charge in [-0.3, -0.25) is 29.3 Å². The van der Waals surface area contributed by atoms with Crippen molar-refractivity contribution in [1.82, 2.24) is 0 Å². The van der Waals surface area contributed by atoms with Gasteiger partial charge in [-0.15, -0.1) is 0 Å². The minimum absolute atomic E-state index is 0. The Balaban J connectivity index is -0.00000000346. The first-order valence-electron chi connectivity index (χ1n) is 2.83. The van der Waals surface area contributed by atoms with Crippen LogP contribution in [0.5, 0.6) is 0 Å². The second-order valence-corrected chi connectivity index (χ2v) is 1.15. The predicted octanol–water partition coefficient (Wildman–Crippen LogP) is -53.4. The molecule has 30 heteroatoms. The predicted molar refractivity (Wildman–Crippen MR) is 30.2 cm³/mol. The average molecular weight is 740 g/mol. The van der Waals surface area contributed by atoms with E-state index in [9.17, 15) is 0 Å². The molecule has 0 fully saturated rings. The van der Waals surface area contributed by atoms with Crippen LogP contribution >= 0.6 is 0 Å². The molecule has 0 aliphatic carbocycles. The van der Waals surface area contributed by atoms with Gasteiger partial charge in [0.25, 0.3) is 0 Å². The molecule has 0 rings (SSSR count). The van der Waals surface area contributed by atoms with Gasteiger partial charge in [-0.1, -0.05) is 0 Å². The molecule has 0 atom stereocenters. The summed E-state index contributed by atoms with van der Waals surface area (Å²) in [6.07, 6.45) is 0. The molecule has 14 nitrogen and oxygen atoms in total. The van der Waals surface area contributed by atoms with Crippen molar-refractivity contribution < 1.29 is 688 Å². The third-order valence-electron chi connectivity index (χ3n) is 0. The summed E-state index contributed by atoms with van der Waals surface area (Å²) in [6.45, 7) is 0. The van der Waals surface area contributed by atoms with Crippen molar-refractivity contribution in [3.63, 3.8) is 0 Å². The van der Waals surface area contributed by atoms with Crippen molar-refractivity contribution in [2.24, 2.45) is 0 Å². The molecule has 0 saturated heterocycles. The van der Waals surface area contributed by atoms with Crippen LogP contribution in [-0.4, -0.2) is 40.2 Å². The van der Waals surface area contributed by atoms with E-state index in [1.54, 1.807) is 0 Å². The molecule has 0 heterocycles. The summed E-state index contributed by atoms with van der Waals surface area (Å²) in [5.74, 6) is 0. The van der Waals surface area contributed by atoms with Crippen molar-refractivity contribution in [3.05, 3.63) is 0 Å². The first-order chi connectivity index (χ1) is 6.93. The largest absolute Gasteiger partial charge is 1.00 e. The van der Waals surface area contributed by atoms with Gasteiger partial charge in [-0.2, -0.15) is 0 Å². The summed E-state index contributed by atoms with van der Waals surface area (Å²) in [5.41, 5.74) is 0. The molecule has 0 bridgehead atoms. The molecule has 0 aromatic carbocycles. The van der Waals surface area contributed by atoms with Crippen molar-refractivity contribution in [2.75, 3.05) is 0 Å². The van der Waals surface area contributed by atoms with E-state index in [0.717, 1.165) is 0 Å². The minimum Gasteiger partial charge on any atom is -0.907 e. The molecule has 4 N–H and O–H groups in total. The fraction of sp³-hybridized carbons (Fsp3) is 0. The molecule has 0 unspecified atom stereocenters. The molecule has 112 valence electrons. The smallest absolute Gasteiger partial charge is 0.907 e. The van der Waals surface area contributed by atoms with E-state index in [0.29, 0.717) is 0 Å². The van der Waals surface area contributed by atoms with Gasteiger partial charge in [0.15, 0.2) is 0 Å². The molecule has 0 aromatic heterocycles. The minimum atomic E-state index is -2.92. The Morgan fingerprint density at radius 3 is 0.200 bits per heavy atom. The fourth-order valence-electron chi connectivity index (χ4n) is 0. The first kappa shape index (κ1) is 117. The molecular formula is H4B4K12O14. The van der Waals surface area contributed by atoms with Crippen LogP contribution in [0.25, 0.3) is 0 Å². The summed E-state index contributed by atoms with van der Waals surface area (Å²) < 4.78 is 0. The number of rotatable bonds is 0. The Bertz CT molecular complexity index is 85.9. The zero-order valence-electron chi connectivity index (χ0n) is 20.2. The summed E-state index contributed by atoms with van der Waals surface area (Å²) in [7, 11) is -11.7. The van der Waals surface area contributed by atoms with E-state index in [1.807, 2.05) is 0 Å². The second-order valence-electron chi connectivity index (χ2n) is 1.15. The molecular weight excluding hydrogens is 736 g/mol. The molecule has 0 aliphatic heterocycles. The maximum atomic E-state index is 8.42.